The van der Waals surface area contributed by atoms with Crippen LogP contribution in [-0.2, 0) is 9.53 Å². The van der Waals surface area contributed by atoms with Gasteiger partial charge in [-0.3, -0.25) is 14.3 Å². The lowest BCUT2D eigenvalue weighted by molar-refractivity contribution is -0.127. The van der Waals surface area contributed by atoms with Gasteiger partial charge < -0.3 is 20.1 Å². The average Bonchev–Trinajstić information content (AvgIpc) is 3.20. The van der Waals surface area contributed by atoms with Crippen LogP contribution < -0.4 is 10.5 Å². The lowest BCUT2D eigenvalue weighted by Crippen LogP contribution is -2.40. The van der Waals surface area contributed by atoms with Crippen LogP contribution in [-0.4, -0.2) is 59.9 Å². The van der Waals surface area contributed by atoms with Crippen molar-refractivity contribution in [1.82, 2.24) is 14.7 Å². The molecule has 1 saturated heterocycles. The Morgan fingerprint density at radius 1 is 1.40 bits per heavy atom. The number of halogens is 1. The van der Waals surface area contributed by atoms with Crippen LogP contribution in [0.1, 0.15) is 29.2 Å². The third-order valence-corrected chi connectivity index (χ3v) is 5.32. The minimum Gasteiger partial charge on any atom is -0.490 e. The zero-order valence-corrected chi connectivity index (χ0v) is 17.6. The topological polar surface area (TPSA) is 99.7 Å². The van der Waals surface area contributed by atoms with E-state index in [0.29, 0.717) is 53.9 Å². The summed E-state index contributed by atoms with van der Waals surface area (Å²) in [6, 6.07) is 5.12. The van der Waals surface area contributed by atoms with Crippen molar-refractivity contribution in [3.63, 3.8) is 0 Å². The highest BCUT2D eigenvalue weighted by molar-refractivity contribution is 6.32. The molecule has 0 aliphatic carbocycles. The summed E-state index contributed by atoms with van der Waals surface area (Å²) in [5, 5.41) is 5.09. The van der Waals surface area contributed by atoms with E-state index in [1.807, 2.05) is 0 Å². The number of carbonyl (C=O) groups excluding carboxylic acids is 2. The predicted molar refractivity (Wildman–Crippen MR) is 114 cm³/mol. The smallest absolute Gasteiger partial charge is 0.252 e. The molecule has 0 spiro atoms. The van der Waals surface area contributed by atoms with Gasteiger partial charge in [-0.1, -0.05) is 24.2 Å². The van der Waals surface area contributed by atoms with E-state index in [4.69, 9.17) is 26.8 Å². The maximum Gasteiger partial charge on any atom is 0.252 e. The van der Waals surface area contributed by atoms with Gasteiger partial charge in [-0.2, -0.15) is 5.10 Å². The minimum absolute atomic E-state index is 0.0563. The number of rotatable bonds is 8. The molecule has 1 aromatic heterocycles. The molecule has 2 aromatic rings. The Labute approximate surface area is 180 Å². The standard InChI is InChI=1S/C21H25ClN4O4/c1-3-19(27)25-8-4-5-15(12-25)26-13-16(21(23)28)20(24-26)14-6-7-17(22)18(11-14)30-10-9-29-2/h3,6-7,11,13,15H,1,4-5,8-10,12H2,2H3,(H2,23,28). The number of hydrogen-bond donors (Lipinski definition) is 1. The summed E-state index contributed by atoms with van der Waals surface area (Å²) in [4.78, 5) is 25.8. The Kier molecular flexibility index (Phi) is 7.12. The van der Waals surface area contributed by atoms with E-state index < -0.39 is 5.91 Å². The van der Waals surface area contributed by atoms with Crippen molar-refractivity contribution in [2.24, 2.45) is 5.73 Å². The molecule has 1 aromatic carbocycles. The quantitative estimate of drug-likeness (QED) is 0.510. The molecular weight excluding hydrogens is 408 g/mol. The van der Waals surface area contributed by atoms with Gasteiger partial charge in [0.15, 0.2) is 0 Å². The number of benzene rings is 1. The van der Waals surface area contributed by atoms with E-state index in [1.165, 1.54) is 6.08 Å². The van der Waals surface area contributed by atoms with Gasteiger partial charge in [0.25, 0.3) is 5.91 Å². The molecule has 3 rings (SSSR count). The first-order chi connectivity index (χ1) is 14.4. The summed E-state index contributed by atoms with van der Waals surface area (Å²) in [7, 11) is 1.59. The number of likely N-dealkylation sites (tertiary alicyclic amines) is 1. The van der Waals surface area contributed by atoms with Crippen LogP contribution in [0.5, 0.6) is 5.75 Å². The average molecular weight is 433 g/mol. The summed E-state index contributed by atoms with van der Waals surface area (Å²) in [5.74, 6) is -0.225. The number of hydrogen-bond acceptors (Lipinski definition) is 5. The Morgan fingerprint density at radius 2 is 2.20 bits per heavy atom. The highest BCUT2D eigenvalue weighted by Crippen LogP contribution is 2.33. The second-order valence-corrected chi connectivity index (χ2v) is 7.41. The van der Waals surface area contributed by atoms with Gasteiger partial charge in [-0.25, -0.2) is 0 Å². The molecule has 0 saturated carbocycles. The second-order valence-electron chi connectivity index (χ2n) is 7.01. The van der Waals surface area contributed by atoms with E-state index in [2.05, 4.69) is 11.7 Å². The summed E-state index contributed by atoms with van der Waals surface area (Å²) in [6.07, 6.45) is 4.63. The molecule has 1 unspecified atom stereocenters. The number of nitrogens with two attached hydrogens (primary N) is 1. The van der Waals surface area contributed by atoms with Crippen LogP contribution in [0, 0.1) is 0 Å². The molecule has 8 nitrogen and oxygen atoms in total. The number of aromatic nitrogens is 2. The summed E-state index contributed by atoms with van der Waals surface area (Å²) in [6.45, 7) is 5.48. The Hall–Kier alpha value is -2.84. The van der Waals surface area contributed by atoms with Gasteiger partial charge in [0.05, 0.1) is 23.2 Å². The van der Waals surface area contributed by atoms with E-state index in [1.54, 1.807) is 41.1 Å². The zero-order chi connectivity index (χ0) is 21.7. The van der Waals surface area contributed by atoms with E-state index in [0.717, 1.165) is 12.8 Å². The SMILES string of the molecule is C=CC(=O)N1CCCC(n2cc(C(N)=O)c(-c3ccc(Cl)c(OCCOC)c3)n2)C1. The van der Waals surface area contributed by atoms with Gasteiger partial charge in [0.2, 0.25) is 5.91 Å². The van der Waals surface area contributed by atoms with Gasteiger partial charge in [0.1, 0.15) is 18.1 Å². The molecule has 9 heteroatoms. The van der Waals surface area contributed by atoms with Crippen molar-refractivity contribution in [2.45, 2.75) is 18.9 Å². The van der Waals surface area contributed by atoms with Crippen molar-refractivity contribution in [3.05, 3.63) is 47.6 Å². The molecule has 2 amide bonds. The first-order valence-corrected chi connectivity index (χ1v) is 10.0. The monoisotopic (exact) mass is 432 g/mol. The fourth-order valence-corrected chi connectivity index (χ4v) is 3.64. The molecule has 0 bridgehead atoms. The molecule has 1 atom stereocenters. The first-order valence-electron chi connectivity index (χ1n) is 9.66. The molecule has 2 N–H and O–H groups in total. The summed E-state index contributed by atoms with van der Waals surface area (Å²) in [5.41, 5.74) is 7.02. The Morgan fingerprint density at radius 3 is 2.90 bits per heavy atom. The van der Waals surface area contributed by atoms with Crippen LogP contribution in [0.3, 0.4) is 0 Å². The van der Waals surface area contributed by atoms with Crippen LogP contribution in [0.2, 0.25) is 5.02 Å². The number of piperidine rings is 1. The first kappa shape index (κ1) is 21.9. The number of amides is 2. The zero-order valence-electron chi connectivity index (χ0n) is 16.8. The Balaban J connectivity index is 1.91. The number of primary amides is 1. The second kappa shape index (κ2) is 9.77. The third-order valence-electron chi connectivity index (χ3n) is 5.00. The van der Waals surface area contributed by atoms with Crippen molar-refractivity contribution in [1.29, 1.82) is 0 Å². The molecule has 160 valence electrons. The maximum atomic E-state index is 12.1. The summed E-state index contributed by atoms with van der Waals surface area (Å²) < 4.78 is 12.4. The molecule has 1 aliphatic rings. The highest BCUT2D eigenvalue weighted by atomic mass is 35.5. The van der Waals surface area contributed by atoms with Gasteiger partial charge >= 0.3 is 0 Å². The van der Waals surface area contributed by atoms with E-state index >= 15 is 0 Å². The molecule has 30 heavy (non-hydrogen) atoms. The number of methoxy groups -OCH3 is 1. The molecule has 1 fully saturated rings. The fourth-order valence-electron chi connectivity index (χ4n) is 3.47. The van der Waals surface area contributed by atoms with Crippen LogP contribution in [0.25, 0.3) is 11.3 Å². The molecular formula is C21H25ClN4O4. The third kappa shape index (κ3) is 4.83. The van der Waals surface area contributed by atoms with Crippen molar-refractivity contribution >= 4 is 23.4 Å². The van der Waals surface area contributed by atoms with Gasteiger partial charge in [0, 0.05) is 32.0 Å². The maximum absolute atomic E-state index is 12.1. The normalized spacial score (nSPS) is 16.3. The molecule has 0 radical (unpaired) electrons. The van der Waals surface area contributed by atoms with Crippen LogP contribution in [0.4, 0.5) is 0 Å². The minimum atomic E-state index is -0.581. The Bertz CT molecular complexity index is 943. The predicted octanol–water partition coefficient (Wildman–Crippen LogP) is 2.68. The van der Waals surface area contributed by atoms with E-state index in [-0.39, 0.29) is 11.9 Å². The van der Waals surface area contributed by atoms with E-state index in [9.17, 15) is 9.59 Å². The highest BCUT2D eigenvalue weighted by Gasteiger charge is 2.26. The number of ether oxygens (including phenoxy) is 2. The molecule has 1 aliphatic heterocycles. The van der Waals surface area contributed by atoms with Gasteiger partial charge in [-0.15, -0.1) is 0 Å². The number of carbonyl (C=O) groups is 2. The summed E-state index contributed by atoms with van der Waals surface area (Å²) >= 11 is 6.22. The fraction of sp³-hybridized carbons (Fsp3) is 0.381. The number of nitrogens with zero attached hydrogens (tertiary/aromatic N) is 3. The lowest BCUT2D eigenvalue weighted by atomic mass is 10.1. The van der Waals surface area contributed by atoms with Crippen molar-refractivity contribution in [2.75, 3.05) is 33.4 Å². The lowest BCUT2D eigenvalue weighted by Gasteiger charge is -2.32. The van der Waals surface area contributed by atoms with Crippen LogP contribution >= 0.6 is 11.6 Å². The van der Waals surface area contributed by atoms with Crippen LogP contribution in [0.15, 0.2) is 37.1 Å². The van der Waals surface area contributed by atoms with Gasteiger partial charge in [-0.05, 0) is 31.1 Å². The largest absolute Gasteiger partial charge is 0.490 e. The molecule has 2 heterocycles. The van der Waals surface area contributed by atoms with Crippen molar-refractivity contribution < 1.29 is 19.1 Å². The van der Waals surface area contributed by atoms with Crippen molar-refractivity contribution in [3.8, 4) is 17.0 Å².